The van der Waals surface area contributed by atoms with Gasteiger partial charge < -0.3 is 10.1 Å². The third kappa shape index (κ3) is 2.59. The van der Waals surface area contributed by atoms with E-state index in [0.29, 0.717) is 16.5 Å². The molecule has 2 aromatic rings. The lowest BCUT2D eigenvalue weighted by Gasteiger charge is -2.31. The molecule has 0 radical (unpaired) electrons. The molecule has 4 nitrogen and oxygen atoms in total. The molecule has 1 amide bonds. The fourth-order valence-electron chi connectivity index (χ4n) is 2.33. The number of carbonyl (C=O) groups is 1. The van der Waals surface area contributed by atoms with E-state index < -0.39 is 0 Å². The van der Waals surface area contributed by atoms with Gasteiger partial charge in [0, 0.05) is 9.50 Å². The molecule has 0 fully saturated rings. The minimum absolute atomic E-state index is 0.0684. The Morgan fingerprint density at radius 3 is 2.81 bits per heavy atom. The number of benzene rings is 2. The summed E-state index contributed by atoms with van der Waals surface area (Å²) in [5.41, 5.74) is 2.29. The molecule has 108 valence electrons. The van der Waals surface area contributed by atoms with Crippen molar-refractivity contribution in [2.75, 3.05) is 23.9 Å². The molecule has 0 spiro atoms. The molecular formula is C15H12BrClN2O2. The van der Waals surface area contributed by atoms with Gasteiger partial charge in [-0.2, -0.15) is 0 Å². The van der Waals surface area contributed by atoms with Crippen molar-refractivity contribution >= 4 is 50.5 Å². The highest BCUT2D eigenvalue weighted by Crippen LogP contribution is 2.41. The average molecular weight is 368 g/mol. The van der Waals surface area contributed by atoms with Gasteiger partial charge in [-0.3, -0.25) is 9.69 Å². The van der Waals surface area contributed by atoms with E-state index in [0.717, 1.165) is 15.8 Å². The quantitative estimate of drug-likeness (QED) is 0.865. The van der Waals surface area contributed by atoms with E-state index in [4.69, 9.17) is 16.3 Å². The molecule has 0 saturated carbocycles. The van der Waals surface area contributed by atoms with Crippen molar-refractivity contribution in [3.63, 3.8) is 0 Å². The topological polar surface area (TPSA) is 41.6 Å². The number of carbonyl (C=O) groups excluding carboxylic acids is 1. The van der Waals surface area contributed by atoms with E-state index in [1.54, 1.807) is 30.2 Å². The first kappa shape index (κ1) is 14.2. The van der Waals surface area contributed by atoms with E-state index in [1.165, 1.54) is 0 Å². The van der Waals surface area contributed by atoms with Gasteiger partial charge in [0.05, 0.1) is 30.7 Å². The molecule has 1 aliphatic heterocycles. The third-order valence-electron chi connectivity index (χ3n) is 3.26. The monoisotopic (exact) mass is 366 g/mol. The van der Waals surface area contributed by atoms with Gasteiger partial charge in [0.25, 0.3) is 5.91 Å². The summed E-state index contributed by atoms with van der Waals surface area (Å²) in [7, 11) is 1.57. The highest BCUT2D eigenvalue weighted by atomic mass is 79.9. The number of hydrogen-bond acceptors (Lipinski definition) is 3. The Morgan fingerprint density at radius 2 is 2.05 bits per heavy atom. The Labute approximate surface area is 135 Å². The zero-order valence-electron chi connectivity index (χ0n) is 11.2. The summed E-state index contributed by atoms with van der Waals surface area (Å²) >= 11 is 9.52. The molecule has 0 aliphatic carbocycles. The lowest BCUT2D eigenvalue weighted by atomic mass is 10.1. The molecule has 1 aliphatic rings. The summed E-state index contributed by atoms with van der Waals surface area (Å²) in [5, 5.41) is 3.66. The van der Waals surface area contributed by atoms with E-state index in [-0.39, 0.29) is 12.5 Å². The number of nitrogens with one attached hydrogen (secondary N) is 1. The average Bonchev–Trinajstić information content (AvgIpc) is 2.47. The first-order valence-electron chi connectivity index (χ1n) is 6.30. The summed E-state index contributed by atoms with van der Waals surface area (Å²) in [6.07, 6.45) is 0. The van der Waals surface area contributed by atoms with Gasteiger partial charge in [-0.05, 0) is 36.4 Å². The van der Waals surface area contributed by atoms with Crippen molar-refractivity contribution in [3.05, 3.63) is 45.9 Å². The van der Waals surface area contributed by atoms with Crippen molar-refractivity contribution in [3.8, 4) is 5.75 Å². The molecule has 0 unspecified atom stereocenters. The van der Waals surface area contributed by atoms with Crippen LogP contribution in [0.1, 0.15) is 0 Å². The maximum atomic E-state index is 12.4. The van der Waals surface area contributed by atoms with Crippen LogP contribution in [0.3, 0.4) is 0 Å². The van der Waals surface area contributed by atoms with Crippen LogP contribution in [0.15, 0.2) is 40.9 Å². The summed E-state index contributed by atoms with van der Waals surface area (Å²) in [6, 6.07) is 11.0. The molecule has 1 N–H and O–H groups in total. The Kier molecular flexibility index (Phi) is 3.78. The molecule has 21 heavy (non-hydrogen) atoms. The van der Waals surface area contributed by atoms with Crippen LogP contribution in [0, 0.1) is 0 Å². The maximum absolute atomic E-state index is 12.4. The number of methoxy groups -OCH3 is 1. The molecule has 0 aromatic heterocycles. The Hall–Kier alpha value is -1.72. The Morgan fingerprint density at radius 1 is 1.24 bits per heavy atom. The zero-order chi connectivity index (χ0) is 15.0. The number of anilines is 3. The molecule has 0 atom stereocenters. The molecule has 0 saturated heterocycles. The van der Waals surface area contributed by atoms with Crippen molar-refractivity contribution in [1.82, 2.24) is 0 Å². The number of nitrogens with zero attached hydrogens (tertiary/aromatic N) is 1. The highest BCUT2D eigenvalue weighted by Gasteiger charge is 2.28. The summed E-state index contributed by atoms with van der Waals surface area (Å²) < 4.78 is 6.25. The molecule has 1 heterocycles. The summed E-state index contributed by atoms with van der Waals surface area (Å²) in [6.45, 7) is 0.226. The van der Waals surface area contributed by atoms with Gasteiger partial charge in [0.15, 0.2) is 0 Å². The number of amides is 1. The first-order valence-corrected chi connectivity index (χ1v) is 7.47. The van der Waals surface area contributed by atoms with Gasteiger partial charge in [-0.25, -0.2) is 0 Å². The van der Waals surface area contributed by atoms with Crippen molar-refractivity contribution in [2.24, 2.45) is 0 Å². The van der Waals surface area contributed by atoms with Crippen LogP contribution in [0.5, 0.6) is 5.75 Å². The van der Waals surface area contributed by atoms with Crippen LogP contribution in [0.2, 0.25) is 5.02 Å². The minimum atomic E-state index is -0.0684. The molecule has 6 heteroatoms. The lowest BCUT2D eigenvalue weighted by molar-refractivity contribution is -0.116. The fourth-order valence-corrected chi connectivity index (χ4v) is 2.84. The number of ether oxygens (including phenoxy) is 1. The van der Waals surface area contributed by atoms with Crippen LogP contribution < -0.4 is 15.0 Å². The number of hydrogen-bond donors (Lipinski definition) is 1. The second-order valence-electron chi connectivity index (χ2n) is 4.56. The molecular weight excluding hydrogens is 356 g/mol. The van der Waals surface area contributed by atoms with Crippen molar-refractivity contribution in [2.45, 2.75) is 0 Å². The van der Waals surface area contributed by atoms with Crippen LogP contribution in [-0.4, -0.2) is 19.6 Å². The minimum Gasteiger partial charge on any atom is -0.495 e. The predicted molar refractivity (Wildman–Crippen MR) is 87.8 cm³/mol. The van der Waals surface area contributed by atoms with Gasteiger partial charge in [0.1, 0.15) is 5.75 Å². The molecule has 0 bridgehead atoms. The van der Waals surface area contributed by atoms with Crippen LogP contribution in [-0.2, 0) is 4.79 Å². The number of fused-ring (bicyclic) bond motifs is 1. The fraction of sp³-hybridized carbons (Fsp3) is 0.133. The largest absolute Gasteiger partial charge is 0.495 e. The highest BCUT2D eigenvalue weighted by molar-refractivity contribution is 9.10. The Bertz CT molecular complexity index is 721. The van der Waals surface area contributed by atoms with Gasteiger partial charge >= 0.3 is 0 Å². The van der Waals surface area contributed by atoms with Crippen LogP contribution in [0.4, 0.5) is 17.1 Å². The molecule has 2 aromatic carbocycles. The normalized spacial score (nSPS) is 13.7. The zero-order valence-corrected chi connectivity index (χ0v) is 13.5. The summed E-state index contributed by atoms with van der Waals surface area (Å²) in [5.74, 6) is 0.529. The Balaban J connectivity index is 2.20. The van der Waals surface area contributed by atoms with Crippen LogP contribution in [0.25, 0.3) is 0 Å². The van der Waals surface area contributed by atoms with E-state index in [1.807, 2.05) is 18.2 Å². The maximum Gasteiger partial charge on any atom is 0.251 e. The first-order chi connectivity index (χ1) is 10.1. The van der Waals surface area contributed by atoms with Gasteiger partial charge in [0.2, 0.25) is 0 Å². The van der Waals surface area contributed by atoms with Gasteiger partial charge in [-0.15, -0.1) is 0 Å². The second kappa shape index (κ2) is 5.58. The molecule has 3 rings (SSSR count). The van der Waals surface area contributed by atoms with E-state index in [9.17, 15) is 4.79 Å². The van der Waals surface area contributed by atoms with Gasteiger partial charge in [-0.1, -0.05) is 27.5 Å². The van der Waals surface area contributed by atoms with E-state index >= 15 is 0 Å². The number of rotatable bonds is 2. The van der Waals surface area contributed by atoms with Crippen LogP contribution >= 0.6 is 27.5 Å². The predicted octanol–water partition coefficient (Wildman–Crippen LogP) is 4.20. The third-order valence-corrected chi connectivity index (χ3v) is 3.99. The SMILES string of the molecule is COc1ccc(Cl)cc1N1C(=O)CNc2ccc(Br)cc21. The lowest BCUT2D eigenvalue weighted by Crippen LogP contribution is -2.36. The van der Waals surface area contributed by atoms with Crippen molar-refractivity contribution < 1.29 is 9.53 Å². The second-order valence-corrected chi connectivity index (χ2v) is 5.91. The standard InChI is InChI=1S/C15H12BrClN2O2/c1-21-14-5-3-10(17)7-13(14)19-12-6-9(16)2-4-11(12)18-8-15(19)20/h2-7,18H,8H2,1H3. The summed E-state index contributed by atoms with van der Waals surface area (Å²) in [4.78, 5) is 14.0. The number of halogens is 2. The smallest absolute Gasteiger partial charge is 0.251 e. The van der Waals surface area contributed by atoms with E-state index in [2.05, 4.69) is 21.2 Å². The van der Waals surface area contributed by atoms with Crippen molar-refractivity contribution in [1.29, 1.82) is 0 Å².